The van der Waals surface area contributed by atoms with Gasteiger partial charge in [-0.15, -0.1) is 0 Å². The average molecular weight is 224 g/mol. The van der Waals surface area contributed by atoms with E-state index in [4.69, 9.17) is 13.6 Å². The average Bonchev–Trinajstić information content (AvgIpc) is 3.06. The quantitative estimate of drug-likeness (QED) is 0.534. The van der Waals surface area contributed by atoms with Gasteiger partial charge < -0.3 is 13.6 Å². The molecular formula is C11H16O3Si. The standard InChI is InChI=1S/C11H16O3Si/c1-12-15(13-2)11-6-4-3-5-9(11)7-10-8-14-10/h3-6,10,15H,7-8H2,1-2H3. The Bertz CT molecular complexity index is 321. The first kappa shape index (κ1) is 10.8. The minimum absolute atomic E-state index is 0.412. The predicted octanol–water partition coefficient (Wildman–Crippen LogP) is 0.348. The van der Waals surface area contributed by atoms with E-state index in [0.717, 1.165) is 13.0 Å². The van der Waals surface area contributed by atoms with Gasteiger partial charge in [0, 0.05) is 20.6 Å². The van der Waals surface area contributed by atoms with E-state index in [2.05, 4.69) is 18.2 Å². The van der Waals surface area contributed by atoms with Crippen molar-refractivity contribution in [3.05, 3.63) is 29.8 Å². The second kappa shape index (κ2) is 4.89. The lowest BCUT2D eigenvalue weighted by molar-refractivity contribution is 0.291. The van der Waals surface area contributed by atoms with Gasteiger partial charge in [-0.1, -0.05) is 24.3 Å². The number of benzene rings is 1. The molecule has 0 aliphatic carbocycles. The van der Waals surface area contributed by atoms with Gasteiger partial charge in [-0.05, 0) is 10.8 Å². The van der Waals surface area contributed by atoms with Crippen LogP contribution in [-0.2, 0) is 20.0 Å². The molecule has 0 radical (unpaired) electrons. The van der Waals surface area contributed by atoms with Crippen LogP contribution in [0.4, 0.5) is 0 Å². The minimum Gasteiger partial charge on any atom is -0.397 e. The molecule has 0 spiro atoms. The molecule has 1 aromatic rings. The van der Waals surface area contributed by atoms with Crippen molar-refractivity contribution in [2.75, 3.05) is 20.8 Å². The lowest BCUT2D eigenvalue weighted by atomic mass is 10.1. The predicted molar refractivity (Wildman–Crippen MR) is 60.7 cm³/mol. The number of epoxide rings is 1. The monoisotopic (exact) mass is 224 g/mol. The van der Waals surface area contributed by atoms with Gasteiger partial charge >= 0.3 is 9.28 Å². The van der Waals surface area contributed by atoms with Crippen molar-refractivity contribution < 1.29 is 13.6 Å². The molecule has 1 unspecified atom stereocenters. The van der Waals surface area contributed by atoms with Crippen LogP contribution in [0.3, 0.4) is 0 Å². The maximum Gasteiger partial charge on any atom is 0.355 e. The van der Waals surface area contributed by atoms with E-state index < -0.39 is 9.28 Å². The maximum atomic E-state index is 5.40. The summed E-state index contributed by atoms with van der Waals surface area (Å²) >= 11 is 0. The lowest BCUT2D eigenvalue weighted by Gasteiger charge is -2.14. The highest BCUT2D eigenvalue weighted by Gasteiger charge is 2.26. The van der Waals surface area contributed by atoms with E-state index in [1.165, 1.54) is 10.8 Å². The summed E-state index contributed by atoms with van der Waals surface area (Å²) in [7, 11) is 1.75. The molecule has 1 aliphatic rings. The zero-order valence-electron chi connectivity index (χ0n) is 9.10. The fraction of sp³-hybridized carbons (Fsp3) is 0.455. The molecule has 0 N–H and O–H groups in total. The molecule has 0 saturated carbocycles. The molecule has 0 aromatic heterocycles. The van der Waals surface area contributed by atoms with Gasteiger partial charge in [0.15, 0.2) is 0 Å². The molecule has 1 atom stereocenters. The topological polar surface area (TPSA) is 31.0 Å². The van der Waals surface area contributed by atoms with Gasteiger partial charge in [0.2, 0.25) is 0 Å². The van der Waals surface area contributed by atoms with Gasteiger partial charge in [-0.3, -0.25) is 0 Å². The van der Waals surface area contributed by atoms with Crippen LogP contribution in [0.5, 0.6) is 0 Å². The number of hydrogen-bond donors (Lipinski definition) is 0. The Kier molecular flexibility index (Phi) is 3.53. The Balaban J connectivity index is 2.18. The van der Waals surface area contributed by atoms with Crippen LogP contribution < -0.4 is 5.19 Å². The Morgan fingerprint density at radius 3 is 2.60 bits per heavy atom. The normalized spacial score (nSPS) is 19.5. The molecule has 1 saturated heterocycles. The highest BCUT2D eigenvalue weighted by Crippen LogP contribution is 2.15. The zero-order valence-corrected chi connectivity index (χ0v) is 10.3. The molecule has 1 heterocycles. The third kappa shape index (κ3) is 2.66. The molecule has 15 heavy (non-hydrogen) atoms. The summed E-state index contributed by atoms with van der Waals surface area (Å²) in [6.45, 7) is 0.889. The summed E-state index contributed by atoms with van der Waals surface area (Å²) in [5.41, 5.74) is 1.31. The van der Waals surface area contributed by atoms with Crippen LogP contribution in [0.1, 0.15) is 5.56 Å². The molecule has 1 aromatic carbocycles. The molecule has 0 bridgehead atoms. The van der Waals surface area contributed by atoms with Crippen molar-refractivity contribution in [3.8, 4) is 0 Å². The van der Waals surface area contributed by atoms with Crippen molar-refractivity contribution >= 4 is 14.5 Å². The van der Waals surface area contributed by atoms with E-state index in [1.54, 1.807) is 14.2 Å². The molecule has 3 nitrogen and oxygen atoms in total. The largest absolute Gasteiger partial charge is 0.397 e. The zero-order chi connectivity index (χ0) is 10.7. The molecule has 82 valence electrons. The maximum absolute atomic E-state index is 5.40. The Hall–Kier alpha value is -0.683. The van der Waals surface area contributed by atoms with Crippen LogP contribution in [0.25, 0.3) is 0 Å². The molecular weight excluding hydrogens is 208 g/mol. The second-order valence-electron chi connectivity index (χ2n) is 3.66. The van der Waals surface area contributed by atoms with Crippen LogP contribution in [0.15, 0.2) is 24.3 Å². The van der Waals surface area contributed by atoms with Crippen LogP contribution in [-0.4, -0.2) is 36.2 Å². The van der Waals surface area contributed by atoms with Crippen LogP contribution >= 0.6 is 0 Å². The summed E-state index contributed by atoms with van der Waals surface area (Å²) in [5, 5.41) is 1.23. The molecule has 4 heteroatoms. The van der Waals surface area contributed by atoms with Gasteiger partial charge in [0.25, 0.3) is 0 Å². The van der Waals surface area contributed by atoms with Crippen LogP contribution in [0, 0.1) is 0 Å². The molecule has 0 amide bonds. The first-order valence-corrected chi connectivity index (χ1v) is 6.62. The van der Waals surface area contributed by atoms with E-state index in [0.29, 0.717) is 6.10 Å². The second-order valence-corrected chi connectivity index (χ2v) is 5.89. The van der Waals surface area contributed by atoms with Crippen LogP contribution in [0.2, 0.25) is 0 Å². The minimum atomic E-state index is -1.68. The summed E-state index contributed by atoms with van der Waals surface area (Å²) in [6.07, 6.45) is 1.39. The first-order chi connectivity index (χ1) is 7.35. The Labute approximate surface area is 91.8 Å². The molecule has 2 rings (SSSR count). The van der Waals surface area contributed by atoms with Crippen molar-refractivity contribution in [1.29, 1.82) is 0 Å². The SMILES string of the molecule is CO[SiH](OC)c1ccccc1CC1CO1. The van der Waals surface area contributed by atoms with Crippen molar-refractivity contribution in [1.82, 2.24) is 0 Å². The van der Waals surface area contributed by atoms with E-state index in [1.807, 2.05) is 6.07 Å². The van der Waals surface area contributed by atoms with Crippen molar-refractivity contribution in [2.24, 2.45) is 0 Å². The highest BCUT2D eigenvalue weighted by atomic mass is 28.3. The van der Waals surface area contributed by atoms with Gasteiger partial charge in [-0.2, -0.15) is 0 Å². The summed E-state index contributed by atoms with van der Waals surface area (Å²) in [4.78, 5) is 0. The van der Waals surface area contributed by atoms with Gasteiger partial charge in [0.05, 0.1) is 12.7 Å². The Morgan fingerprint density at radius 2 is 2.00 bits per heavy atom. The fourth-order valence-corrected chi connectivity index (χ4v) is 3.22. The first-order valence-electron chi connectivity index (χ1n) is 5.10. The highest BCUT2D eigenvalue weighted by molar-refractivity contribution is 6.61. The van der Waals surface area contributed by atoms with Crippen molar-refractivity contribution in [3.63, 3.8) is 0 Å². The van der Waals surface area contributed by atoms with E-state index >= 15 is 0 Å². The summed E-state index contributed by atoms with van der Waals surface area (Å²) < 4.78 is 16.1. The number of rotatable bonds is 5. The number of hydrogen-bond acceptors (Lipinski definition) is 3. The van der Waals surface area contributed by atoms with E-state index in [9.17, 15) is 0 Å². The Morgan fingerprint density at radius 1 is 1.33 bits per heavy atom. The third-order valence-electron chi connectivity index (χ3n) is 2.59. The summed E-state index contributed by atoms with van der Waals surface area (Å²) in [5.74, 6) is 0. The van der Waals surface area contributed by atoms with Gasteiger partial charge in [-0.25, -0.2) is 0 Å². The summed E-state index contributed by atoms with van der Waals surface area (Å²) in [6, 6.07) is 8.32. The van der Waals surface area contributed by atoms with E-state index in [-0.39, 0.29) is 0 Å². The molecule has 1 fully saturated rings. The fourth-order valence-electron chi connectivity index (χ4n) is 1.73. The van der Waals surface area contributed by atoms with Crippen molar-refractivity contribution in [2.45, 2.75) is 12.5 Å². The van der Waals surface area contributed by atoms with Gasteiger partial charge in [0.1, 0.15) is 0 Å². The molecule has 1 aliphatic heterocycles. The number of ether oxygens (including phenoxy) is 1. The smallest absolute Gasteiger partial charge is 0.355 e. The lowest BCUT2D eigenvalue weighted by Crippen LogP contribution is -2.37. The third-order valence-corrected chi connectivity index (χ3v) is 4.51.